The molecule has 0 radical (unpaired) electrons. The number of alkyl halides is 3. The third kappa shape index (κ3) is 4.09. The van der Waals surface area contributed by atoms with Crippen LogP contribution in [-0.4, -0.2) is 45.3 Å². The van der Waals surface area contributed by atoms with E-state index in [4.69, 9.17) is 9.47 Å². The summed E-state index contributed by atoms with van der Waals surface area (Å²) in [6.45, 7) is -1.40. The molecule has 1 aliphatic heterocycles. The zero-order chi connectivity index (χ0) is 17.9. The molecule has 1 aromatic rings. The highest BCUT2D eigenvalue weighted by atomic mass is 19.4. The van der Waals surface area contributed by atoms with Gasteiger partial charge in [0.2, 0.25) is 11.8 Å². The van der Waals surface area contributed by atoms with Crippen LogP contribution in [0, 0.1) is 5.92 Å². The lowest BCUT2D eigenvalue weighted by atomic mass is 10.1. The van der Waals surface area contributed by atoms with Crippen LogP contribution in [0.5, 0.6) is 11.5 Å². The molecule has 132 valence electrons. The van der Waals surface area contributed by atoms with Crippen molar-refractivity contribution in [1.29, 1.82) is 0 Å². The number of ether oxygens (including phenoxy) is 2. The second-order valence-electron chi connectivity index (χ2n) is 5.28. The van der Waals surface area contributed by atoms with E-state index in [-0.39, 0.29) is 18.9 Å². The van der Waals surface area contributed by atoms with Gasteiger partial charge in [0.15, 0.2) is 11.5 Å². The van der Waals surface area contributed by atoms with Crippen molar-refractivity contribution in [3.8, 4) is 11.5 Å². The second kappa shape index (κ2) is 6.98. The zero-order valence-corrected chi connectivity index (χ0v) is 13.1. The van der Waals surface area contributed by atoms with E-state index in [9.17, 15) is 22.8 Å². The number of hydrogen-bond acceptors (Lipinski definition) is 4. The third-order valence-corrected chi connectivity index (χ3v) is 3.64. The number of halogens is 3. The van der Waals surface area contributed by atoms with Crippen molar-refractivity contribution < 1.29 is 32.2 Å². The molecule has 1 aliphatic rings. The maximum absolute atomic E-state index is 12.2. The third-order valence-electron chi connectivity index (χ3n) is 3.64. The summed E-state index contributed by atoms with van der Waals surface area (Å²) >= 11 is 0. The molecule has 9 heteroatoms. The summed E-state index contributed by atoms with van der Waals surface area (Å²) in [7, 11) is 2.92. The summed E-state index contributed by atoms with van der Waals surface area (Å²) in [5.74, 6) is -1.06. The van der Waals surface area contributed by atoms with Crippen molar-refractivity contribution in [2.75, 3.05) is 32.2 Å². The number of amides is 2. The monoisotopic (exact) mass is 346 g/mol. The highest BCUT2D eigenvalue weighted by Gasteiger charge is 2.37. The summed E-state index contributed by atoms with van der Waals surface area (Å²) in [6.07, 6.45) is -4.63. The van der Waals surface area contributed by atoms with Crippen LogP contribution in [0.2, 0.25) is 0 Å². The van der Waals surface area contributed by atoms with E-state index in [2.05, 4.69) is 0 Å². The Morgan fingerprint density at radius 3 is 2.54 bits per heavy atom. The molecule has 1 heterocycles. The first-order chi connectivity index (χ1) is 11.2. The van der Waals surface area contributed by atoms with Gasteiger partial charge in [0, 0.05) is 24.7 Å². The predicted octanol–water partition coefficient (Wildman–Crippen LogP) is 1.74. The molecular formula is C15H17F3N2O4. The minimum atomic E-state index is -4.48. The van der Waals surface area contributed by atoms with Crippen LogP contribution >= 0.6 is 0 Å². The van der Waals surface area contributed by atoms with E-state index < -0.39 is 24.5 Å². The van der Waals surface area contributed by atoms with Crippen molar-refractivity contribution in [2.45, 2.75) is 12.6 Å². The summed E-state index contributed by atoms with van der Waals surface area (Å²) in [6, 6.07) is 4.81. The minimum absolute atomic E-state index is 0.0119. The van der Waals surface area contributed by atoms with E-state index in [0.29, 0.717) is 17.2 Å². The van der Waals surface area contributed by atoms with Crippen LogP contribution in [0.25, 0.3) is 0 Å². The van der Waals surface area contributed by atoms with Gasteiger partial charge in [0.25, 0.3) is 0 Å². The molecule has 1 unspecified atom stereocenters. The standard InChI is InChI=1S/C15H17F3N2O4/c1-23-11-4-3-10(6-12(11)24-2)20-7-9(5-13(20)21)14(22)19-8-15(16,17)18/h3-4,6,9H,5,7-8H2,1-2H3,(H,19,22). The topological polar surface area (TPSA) is 67.9 Å². The summed E-state index contributed by atoms with van der Waals surface area (Å²) in [4.78, 5) is 25.2. The molecule has 1 aromatic carbocycles. The molecule has 0 bridgehead atoms. The lowest BCUT2D eigenvalue weighted by Crippen LogP contribution is -2.38. The molecule has 2 amide bonds. The molecule has 0 aliphatic carbocycles. The SMILES string of the molecule is COc1ccc(N2CC(C(=O)NCC(F)(F)F)CC2=O)cc1OC. The molecule has 1 N–H and O–H groups in total. The molecule has 24 heavy (non-hydrogen) atoms. The van der Waals surface area contributed by atoms with Crippen LogP contribution in [0.15, 0.2) is 18.2 Å². The summed E-state index contributed by atoms with van der Waals surface area (Å²) in [5.41, 5.74) is 0.490. The van der Waals surface area contributed by atoms with Gasteiger partial charge in [-0.05, 0) is 12.1 Å². The van der Waals surface area contributed by atoms with Gasteiger partial charge in [-0.25, -0.2) is 0 Å². The Morgan fingerprint density at radius 1 is 1.29 bits per heavy atom. The predicted molar refractivity (Wildman–Crippen MR) is 79.1 cm³/mol. The van der Waals surface area contributed by atoms with Gasteiger partial charge in [-0.2, -0.15) is 13.2 Å². The quantitative estimate of drug-likeness (QED) is 0.882. The van der Waals surface area contributed by atoms with Gasteiger partial charge >= 0.3 is 6.18 Å². The van der Waals surface area contributed by atoms with Gasteiger partial charge in [-0.1, -0.05) is 0 Å². The second-order valence-corrected chi connectivity index (χ2v) is 5.28. The molecule has 6 nitrogen and oxygen atoms in total. The fraction of sp³-hybridized carbons (Fsp3) is 0.467. The van der Waals surface area contributed by atoms with Crippen LogP contribution in [-0.2, 0) is 9.59 Å². The average Bonchev–Trinajstić information content (AvgIpc) is 2.93. The Morgan fingerprint density at radius 2 is 1.96 bits per heavy atom. The molecule has 2 rings (SSSR count). The van der Waals surface area contributed by atoms with Gasteiger partial charge in [0.1, 0.15) is 6.54 Å². The zero-order valence-electron chi connectivity index (χ0n) is 13.1. The number of carbonyl (C=O) groups is 2. The number of methoxy groups -OCH3 is 2. The molecule has 1 fully saturated rings. The van der Waals surface area contributed by atoms with E-state index in [0.717, 1.165) is 0 Å². The number of hydrogen-bond donors (Lipinski definition) is 1. The van der Waals surface area contributed by atoms with Gasteiger partial charge in [0.05, 0.1) is 20.1 Å². The fourth-order valence-corrected chi connectivity index (χ4v) is 2.46. The largest absolute Gasteiger partial charge is 0.493 e. The maximum Gasteiger partial charge on any atom is 0.405 e. The number of benzene rings is 1. The van der Waals surface area contributed by atoms with Crippen LogP contribution < -0.4 is 19.7 Å². The number of rotatable bonds is 5. The Bertz CT molecular complexity index is 634. The molecule has 0 aromatic heterocycles. The normalized spacial score (nSPS) is 17.8. The first kappa shape index (κ1) is 17.9. The van der Waals surface area contributed by atoms with Crippen molar-refractivity contribution in [1.82, 2.24) is 5.32 Å². The summed E-state index contributed by atoms with van der Waals surface area (Å²) in [5, 5.41) is 1.81. The number of carbonyl (C=O) groups excluding carboxylic acids is 2. The molecule has 1 saturated heterocycles. The van der Waals surface area contributed by atoms with Crippen LogP contribution in [0.1, 0.15) is 6.42 Å². The number of anilines is 1. The van der Waals surface area contributed by atoms with Gasteiger partial charge in [-0.15, -0.1) is 0 Å². The van der Waals surface area contributed by atoms with Crippen molar-refractivity contribution in [3.63, 3.8) is 0 Å². The first-order valence-corrected chi connectivity index (χ1v) is 7.12. The lowest BCUT2D eigenvalue weighted by Gasteiger charge is -2.18. The van der Waals surface area contributed by atoms with Gasteiger partial charge in [-0.3, -0.25) is 9.59 Å². The fourth-order valence-electron chi connectivity index (χ4n) is 2.46. The molecule has 1 atom stereocenters. The van der Waals surface area contributed by atoms with E-state index in [1.165, 1.54) is 19.1 Å². The number of nitrogens with one attached hydrogen (secondary N) is 1. The summed E-state index contributed by atoms with van der Waals surface area (Å²) < 4.78 is 46.7. The van der Waals surface area contributed by atoms with Crippen LogP contribution in [0.3, 0.4) is 0 Å². The Labute approximate surface area is 136 Å². The van der Waals surface area contributed by atoms with Crippen molar-refractivity contribution >= 4 is 17.5 Å². The molecule has 0 saturated carbocycles. The average molecular weight is 346 g/mol. The highest BCUT2D eigenvalue weighted by Crippen LogP contribution is 2.34. The minimum Gasteiger partial charge on any atom is -0.493 e. The number of nitrogens with zero attached hydrogens (tertiary/aromatic N) is 1. The van der Waals surface area contributed by atoms with Crippen molar-refractivity contribution in [2.24, 2.45) is 5.92 Å². The Kier molecular flexibility index (Phi) is 5.20. The van der Waals surface area contributed by atoms with Crippen molar-refractivity contribution in [3.05, 3.63) is 18.2 Å². The molecular weight excluding hydrogens is 329 g/mol. The molecule has 0 spiro atoms. The Balaban J connectivity index is 2.08. The smallest absolute Gasteiger partial charge is 0.405 e. The van der Waals surface area contributed by atoms with Crippen LogP contribution in [0.4, 0.5) is 18.9 Å². The maximum atomic E-state index is 12.2. The highest BCUT2D eigenvalue weighted by molar-refractivity contribution is 6.00. The van der Waals surface area contributed by atoms with E-state index in [1.807, 2.05) is 5.32 Å². The van der Waals surface area contributed by atoms with E-state index >= 15 is 0 Å². The first-order valence-electron chi connectivity index (χ1n) is 7.12. The van der Waals surface area contributed by atoms with E-state index in [1.54, 1.807) is 18.2 Å². The van der Waals surface area contributed by atoms with Gasteiger partial charge < -0.3 is 19.7 Å². The Hall–Kier alpha value is -2.45. The lowest BCUT2D eigenvalue weighted by molar-refractivity contribution is -0.140.